The molecular weight excluding hydrogens is 214 g/mol. The average Bonchev–Trinajstić information content (AvgIpc) is 2.75. The van der Waals surface area contributed by atoms with Crippen molar-refractivity contribution in [3.05, 3.63) is 35.9 Å². The first kappa shape index (κ1) is 12.1. The van der Waals surface area contributed by atoms with Crippen LogP contribution in [0.2, 0.25) is 0 Å². The number of likely N-dealkylation sites (tertiary alicyclic amines) is 1. The van der Waals surface area contributed by atoms with Crippen LogP contribution in [-0.2, 0) is 4.79 Å². The van der Waals surface area contributed by atoms with Crippen molar-refractivity contribution in [1.29, 1.82) is 0 Å². The molecule has 3 heteroatoms. The van der Waals surface area contributed by atoms with Gasteiger partial charge in [0.15, 0.2) is 0 Å². The molecule has 1 saturated heterocycles. The van der Waals surface area contributed by atoms with E-state index in [1.54, 1.807) is 0 Å². The standard InChI is InChI=1S/C14H19NO2/c1-10(2)15-9-12(8-13(15)14(16)17)11-6-4-3-5-7-11/h3-7,10,12-13H,8-9H2,1-2H3,(H,16,17). The highest BCUT2D eigenvalue weighted by Gasteiger charge is 2.38. The van der Waals surface area contributed by atoms with Crippen molar-refractivity contribution in [1.82, 2.24) is 4.90 Å². The van der Waals surface area contributed by atoms with Crippen LogP contribution in [0.4, 0.5) is 0 Å². The summed E-state index contributed by atoms with van der Waals surface area (Å²) in [4.78, 5) is 13.3. The van der Waals surface area contributed by atoms with Crippen LogP contribution < -0.4 is 0 Å². The van der Waals surface area contributed by atoms with E-state index in [9.17, 15) is 9.90 Å². The number of benzene rings is 1. The number of hydrogen-bond acceptors (Lipinski definition) is 2. The molecule has 0 spiro atoms. The highest BCUT2D eigenvalue weighted by atomic mass is 16.4. The van der Waals surface area contributed by atoms with Crippen LogP contribution in [0.25, 0.3) is 0 Å². The van der Waals surface area contributed by atoms with E-state index < -0.39 is 5.97 Å². The summed E-state index contributed by atoms with van der Waals surface area (Å²) < 4.78 is 0. The second kappa shape index (κ2) is 4.88. The lowest BCUT2D eigenvalue weighted by Gasteiger charge is -2.25. The maximum Gasteiger partial charge on any atom is 0.320 e. The Morgan fingerprint density at radius 3 is 2.47 bits per heavy atom. The maximum atomic E-state index is 11.3. The number of hydrogen-bond donors (Lipinski definition) is 1. The molecule has 1 fully saturated rings. The molecule has 0 radical (unpaired) electrons. The molecule has 2 rings (SSSR count). The molecule has 0 bridgehead atoms. The smallest absolute Gasteiger partial charge is 0.320 e. The minimum Gasteiger partial charge on any atom is -0.480 e. The first-order valence-corrected chi connectivity index (χ1v) is 6.13. The number of nitrogens with zero attached hydrogens (tertiary/aromatic N) is 1. The van der Waals surface area contributed by atoms with Crippen molar-refractivity contribution in [2.45, 2.75) is 38.3 Å². The van der Waals surface area contributed by atoms with Crippen LogP contribution in [0.3, 0.4) is 0 Å². The third kappa shape index (κ3) is 2.50. The van der Waals surface area contributed by atoms with E-state index in [-0.39, 0.29) is 12.1 Å². The largest absolute Gasteiger partial charge is 0.480 e. The molecule has 1 heterocycles. The monoisotopic (exact) mass is 233 g/mol. The van der Waals surface area contributed by atoms with Gasteiger partial charge in [0.2, 0.25) is 0 Å². The molecule has 2 atom stereocenters. The van der Waals surface area contributed by atoms with Gasteiger partial charge in [0.25, 0.3) is 0 Å². The number of carboxylic acids is 1. The zero-order chi connectivity index (χ0) is 12.4. The van der Waals surface area contributed by atoms with Crippen molar-refractivity contribution >= 4 is 5.97 Å². The van der Waals surface area contributed by atoms with Gasteiger partial charge in [-0.1, -0.05) is 30.3 Å². The lowest BCUT2D eigenvalue weighted by molar-refractivity contribution is -0.142. The van der Waals surface area contributed by atoms with Gasteiger partial charge in [0.1, 0.15) is 6.04 Å². The van der Waals surface area contributed by atoms with Crippen molar-refractivity contribution in [3.8, 4) is 0 Å². The summed E-state index contributed by atoms with van der Waals surface area (Å²) in [5.74, 6) is -0.350. The van der Waals surface area contributed by atoms with E-state index in [4.69, 9.17) is 0 Å². The van der Waals surface area contributed by atoms with Crippen molar-refractivity contribution in [2.75, 3.05) is 6.54 Å². The van der Waals surface area contributed by atoms with Crippen molar-refractivity contribution in [3.63, 3.8) is 0 Å². The van der Waals surface area contributed by atoms with Crippen molar-refractivity contribution in [2.24, 2.45) is 0 Å². The summed E-state index contributed by atoms with van der Waals surface area (Å²) in [6, 6.07) is 10.2. The van der Waals surface area contributed by atoms with E-state index >= 15 is 0 Å². The van der Waals surface area contributed by atoms with E-state index in [0.29, 0.717) is 5.92 Å². The van der Waals surface area contributed by atoms with Gasteiger partial charge in [-0.3, -0.25) is 9.69 Å². The van der Waals surface area contributed by atoms with Gasteiger partial charge in [-0.2, -0.15) is 0 Å². The van der Waals surface area contributed by atoms with Gasteiger partial charge < -0.3 is 5.11 Å². The third-order valence-corrected chi connectivity index (χ3v) is 3.56. The second-order valence-corrected chi connectivity index (χ2v) is 4.99. The van der Waals surface area contributed by atoms with Crippen LogP contribution >= 0.6 is 0 Å². The lowest BCUT2D eigenvalue weighted by Crippen LogP contribution is -2.40. The fourth-order valence-electron chi connectivity index (χ4n) is 2.64. The van der Waals surface area contributed by atoms with Crippen LogP contribution in [0.15, 0.2) is 30.3 Å². The van der Waals surface area contributed by atoms with Gasteiger partial charge in [-0.15, -0.1) is 0 Å². The summed E-state index contributed by atoms with van der Waals surface area (Å²) >= 11 is 0. The lowest BCUT2D eigenvalue weighted by atomic mass is 9.96. The minimum absolute atomic E-state index is 0.282. The average molecular weight is 233 g/mol. The van der Waals surface area contributed by atoms with Crippen LogP contribution in [0, 0.1) is 0 Å². The van der Waals surface area contributed by atoms with E-state index in [0.717, 1.165) is 13.0 Å². The number of rotatable bonds is 3. The molecule has 1 N–H and O–H groups in total. The Morgan fingerprint density at radius 2 is 2.00 bits per heavy atom. The summed E-state index contributed by atoms with van der Waals surface area (Å²) in [6.07, 6.45) is 0.720. The number of aliphatic carboxylic acids is 1. The molecule has 0 aromatic heterocycles. The highest BCUT2D eigenvalue weighted by Crippen LogP contribution is 2.32. The molecule has 92 valence electrons. The normalized spacial score (nSPS) is 25.4. The topological polar surface area (TPSA) is 40.5 Å². The van der Waals surface area contributed by atoms with Gasteiger partial charge in [0, 0.05) is 12.6 Å². The third-order valence-electron chi connectivity index (χ3n) is 3.56. The quantitative estimate of drug-likeness (QED) is 0.871. The molecule has 0 saturated carbocycles. The van der Waals surface area contributed by atoms with Crippen LogP contribution in [-0.4, -0.2) is 34.6 Å². The molecule has 3 nitrogen and oxygen atoms in total. The highest BCUT2D eigenvalue weighted by molar-refractivity contribution is 5.74. The minimum atomic E-state index is -0.697. The molecule has 1 aliphatic rings. The Labute approximate surface area is 102 Å². The molecule has 17 heavy (non-hydrogen) atoms. The molecule has 0 amide bonds. The summed E-state index contributed by atoms with van der Waals surface area (Å²) in [5.41, 5.74) is 1.25. The molecule has 1 aliphatic heterocycles. The zero-order valence-corrected chi connectivity index (χ0v) is 10.3. The first-order valence-electron chi connectivity index (χ1n) is 6.13. The second-order valence-electron chi connectivity index (χ2n) is 4.99. The Kier molecular flexibility index (Phi) is 3.48. The molecular formula is C14H19NO2. The molecule has 1 aromatic carbocycles. The van der Waals surface area contributed by atoms with Gasteiger partial charge in [-0.05, 0) is 31.7 Å². The molecule has 0 aliphatic carbocycles. The predicted octanol–water partition coefficient (Wildman–Crippen LogP) is 2.34. The van der Waals surface area contributed by atoms with Gasteiger partial charge in [0.05, 0.1) is 0 Å². The predicted molar refractivity (Wildman–Crippen MR) is 67.1 cm³/mol. The Morgan fingerprint density at radius 1 is 1.35 bits per heavy atom. The van der Waals surface area contributed by atoms with E-state index in [1.165, 1.54) is 5.56 Å². The summed E-state index contributed by atoms with van der Waals surface area (Å²) in [6.45, 7) is 4.96. The number of carboxylic acid groups (broad SMARTS) is 1. The van der Waals surface area contributed by atoms with Crippen LogP contribution in [0.1, 0.15) is 31.7 Å². The Hall–Kier alpha value is -1.35. The van der Waals surface area contributed by atoms with E-state index in [1.807, 2.05) is 18.2 Å². The Bertz CT molecular complexity index is 388. The molecule has 1 aromatic rings. The maximum absolute atomic E-state index is 11.3. The van der Waals surface area contributed by atoms with Gasteiger partial charge in [-0.25, -0.2) is 0 Å². The zero-order valence-electron chi connectivity index (χ0n) is 10.3. The molecule has 2 unspecified atom stereocenters. The fraction of sp³-hybridized carbons (Fsp3) is 0.500. The van der Waals surface area contributed by atoms with Gasteiger partial charge >= 0.3 is 5.97 Å². The summed E-state index contributed by atoms with van der Waals surface area (Å²) in [5, 5.41) is 9.26. The van der Waals surface area contributed by atoms with E-state index in [2.05, 4.69) is 30.9 Å². The summed E-state index contributed by atoms with van der Waals surface area (Å²) in [7, 11) is 0. The number of carbonyl (C=O) groups is 1. The fourth-order valence-corrected chi connectivity index (χ4v) is 2.64. The SMILES string of the molecule is CC(C)N1CC(c2ccccc2)CC1C(=O)O. The van der Waals surface area contributed by atoms with Crippen molar-refractivity contribution < 1.29 is 9.90 Å². The Balaban J connectivity index is 2.17. The first-order chi connectivity index (χ1) is 8.09. The van der Waals surface area contributed by atoms with Crippen LogP contribution in [0.5, 0.6) is 0 Å².